The van der Waals surface area contributed by atoms with E-state index < -0.39 is 0 Å². The number of thiophene rings is 1. The van der Waals surface area contributed by atoms with Crippen LogP contribution in [-0.4, -0.2) is 60.9 Å². The molecule has 11 nitrogen and oxygen atoms in total. The van der Waals surface area contributed by atoms with Crippen molar-refractivity contribution in [3.8, 4) is 17.7 Å². The summed E-state index contributed by atoms with van der Waals surface area (Å²) in [4.78, 5) is 24.8. The van der Waals surface area contributed by atoms with E-state index in [9.17, 15) is 4.79 Å². The Kier molecular flexibility index (Phi) is 8.12. The predicted molar refractivity (Wildman–Crippen MR) is 161 cm³/mol. The molecule has 0 unspecified atom stereocenters. The van der Waals surface area contributed by atoms with E-state index >= 15 is 0 Å². The van der Waals surface area contributed by atoms with Crippen LogP contribution < -0.4 is 15.4 Å². The van der Waals surface area contributed by atoms with Crippen molar-refractivity contribution in [2.75, 3.05) is 18.4 Å². The van der Waals surface area contributed by atoms with Crippen molar-refractivity contribution in [1.29, 1.82) is 5.26 Å². The van der Waals surface area contributed by atoms with Crippen LogP contribution in [-0.2, 0) is 17.9 Å². The maximum atomic E-state index is 12.0. The van der Waals surface area contributed by atoms with E-state index in [0.717, 1.165) is 77.1 Å². The monoisotopic (exact) mass is 583 g/mol. The van der Waals surface area contributed by atoms with Crippen molar-refractivity contribution in [3.05, 3.63) is 58.2 Å². The Morgan fingerprint density at radius 3 is 2.69 bits per heavy atom. The summed E-state index contributed by atoms with van der Waals surface area (Å²) in [6.45, 7) is 6.72. The number of benzene rings is 1. The van der Waals surface area contributed by atoms with Crippen molar-refractivity contribution in [2.24, 2.45) is 0 Å². The van der Waals surface area contributed by atoms with Gasteiger partial charge in [0.25, 0.3) is 0 Å². The fourth-order valence-electron chi connectivity index (χ4n) is 5.23. The maximum absolute atomic E-state index is 12.0. The van der Waals surface area contributed by atoms with Crippen LogP contribution in [0.5, 0.6) is 11.6 Å². The number of nitrogens with zero attached hydrogens (tertiary/aromatic N) is 7. The lowest BCUT2D eigenvalue weighted by atomic mass is 10.1. The lowest BCUT2D eigenvalue weighted by molar-refractivity contribution is -0.122. The van der Waals surface area contributed by atoms with Gasteiger partial charge in [0.2, 0.25) is 17.7 Å². The molecule has 4 heterocycles. The molecule has 2 N–H and O–H groups in total. The first kappa shape index (κ1) is 27.8. The molecule has 1 aliphatic heterocycles. The third-order valence-electron chi connectivity index (χ3n) is 7.46. The molecule has 1 amide bonds. The number of amides is 1. The molecule has 6 rings (SSSR count). The van der Waals surface area contributed by atoms with Gasteiger partial charge in [-0.25, -0.2) is 9.67 Å². The molecule has 0 radical (unpaired) electrons. The van der Waals surface area contributed by atoms with Gasteiger partial charge >= 0.3 is 0 Å². The second-order valence-corrected chi connectivity index (χ2v) is 11.9. The number of rotatable bonds is 10. The van der Waals surface area contributed by atoms with Crippen LogP contribution in [0.4, 0.5) is 5.95 Å². The number of piperidine rings is 1. The van der Waals surface area contributed by atoms with Crippen LogP contribution in [0, 0.1) is 25.2 Å². The number of carbonyl (C=O) groups excluding carboxylic acids is 1. The van der Waals surface area contributed by atoms with E-state index in [2.05, 4.69) is 25.8 Å². The molecule has 2 aliphatic rings. The first-order valence-corrected chi connectivity index (χ1v) is 15.1. The van der Waals surface area contributed by atoms with Crippen LogP contribution in [0.1, 0.15) is 48.1 Å². The molecule has 3 aromatic heterocycles. The summed E-state index contributed by atoms with van der Waals surface area (Å²) in [5.74, 6) is 1.84. The zero-order valence-corrected chi connectivity index (χ0v) is 24.5. The minimum Gasteiger partial charge on any atom is -0.438 e. The smallest absolute Gasteiger partial charge is 0.242 e. The van der Waals surface area contributed by atoms with E-state index in [4.69, 9.17) is 20.0 Å². The van der Waals surface area contributed by atoms with Gasteiger partial charge in [0, 0.05) is 37.8 Å². The number of carbonyl (C=O) groups is 1. The molecule has 0 spiro atoms. The Morgan fingerprint density at radius 1 is 1.17 bits per heavy atom. The Hall–Kier alpha value is -4.34. The molecule has 0 bridgehead atoms. The highest BCUT2D eigenvalue weighted by Crippen LogP contribution is 2.35. The summed E-state index contributed by atoms with van der Waals surface area (Å²) in [6, 6.07) is 8.61. The number of allylic oxidation sites excluding steroid dienone is 1. The number of aromatic nitrogens is 5. The Labute approximate surface area is 248 Å². The fourth-order valence-corrected chi connectivity index (χ4v) is 5.98. The summed E-state index contributed by atoms with van der Waals surface area (Å²) in [5.41, 5.74) is 3.77. The highest BCUT2D eigenvalue weighted by Gasteiger charge is 2.24. The van der Waals surface area contributed by atoms with Gasteiger partial charge in [-0.15, -0.1) is 16.4 Å². The summed E-state index contributed by atoms with van der Waals surface area (Å²) in [5, 5.41) is 26.7. The van der Waals surface area contributed by atoms with Gasteiger partial charge in [-0.05, 0) is 85.9 Å². The molecule has 1 saturated heterocycles. The molecule has 1 aliphatic carbocycles. The van der Waals surface area contributed by atoms with Crippen molar-refractivity contribution in [2.45, 2.75) is 64.7 Å². The summed E-state index contributed by atoms with van der Waals surface area (Å²) in [7, 11) is 0. The summed E-state index contributed by atoms with van der Waals surface area (Å²) in [6.07, 6.45) is 9.15. The molecule has 0 atom stereocenters. The molecular formula is C30H33N9O2S. The molecular weight excluding hydrogens is 550 g/mol. The number of aryl methyl sites for hydroxylation is 2. The van der Waals surface area contributed by atoms with E-state index in [1.54, 1.807) is 22.1 Å². The Balaban J connectivity index is 1.07. The number of nitrogens with one attached hydrogen (secondary N) is 2. The standard InChI is InChI=1S/C30H33N9O2S/c1-19-14-21(4-3-10-31)15-20(2)27(19)41-28-25-9-13-42-29(25)35-30(34-28)33-23-7-11-38(12-8-23)16-24-17-39(37-36-24)18-26(40)32-22-5-6-22/h3-4,9,13-15,17,22-23H,5-8,11-12,16,18H2,1-2H3,(H,32,40)(H,33,34,35)/b4-3+. The highest BCUT2D eigenvalue weighted by atomic mass is 32.1. The number of nitriles is 1. The number of hydrogen-bond donors (Lipinski definition) is 2. The highest BCUT2D eigenvalue weighted by molar-refractivity contribution is 7.16. The van der Waals surface area contributed by atoms with E-state index in [0.29, 0.717) is 24.4 Å². The Morgan fingerprint density at radius 2 is 1.95 bits per heavy atom. The van der Waals surface area contributed by atoms with Crippen molar-refractivity contribution in [3.63, 3.8) is 0 Å². The van der Waals surface area contributed by atoms with E-state index in [1.165, 1.54) is 6.08 Å². The van der Waals surface area contributed by atoms with Gasteiger partial charge in [0.05, 0.1) is 23.3 Å². The van der Waals surface area contributed by atoms with Gasteiger partial charge in [-0.3, -0.25) is 9.69 Å². The molecule has 4 aromatic rings. The SMILES string of the molecule is Cc1cc(/C=C/C#N)cc(C)c1Oc1nc(NC2CCN(Cc3cn(CC(=O)NC4CC4)nn3)CC2)nc2sccc12. The van der Waals surface area contributed by atoms with Crippen LogP contribution in [0.2, 0.25) is 0 Å². The zero-order valence-electron chi connectivity index (χ0n) is 23.7. The second-order valence-electron chi connectivity index (χ2n) is 11.0. The molecule has 42 heavy (non-hydrogen) atoms. The normalized spacial score (nSPS) is 16.1. The largest absolute Gasteiger partial charge is 0.438 e. The molecule has 1 aromatic carbocycles. The molecule has 12 heteroatoms. The number of fused-ring (bicyclic) bond motifs is 1. The van der Waals surface area contributed by atoms with Gasteiger partial charge in [0.1, 0.15) is 17.1 Å². The van der Waals surface area contributed by atoms with Gasteiger partial charge in [-0.1, -0.05) is 5.21 Å². The molecule has 216 valence electrons. The van der Waals surface area contributed by atoms with Crippen LogP contribution in [0.15, 0.2) is 35.9 Å². The minimum absolute atomic E-state index is 0.00929. The quantitative estimate of drug-likeness (QED) is 0.257. The number of hydrogen-bond acceptors (Lipinski definition) is 10. The summed E-state index contributed by atoms with van der Waals surface area (Å²) >= 11 is 1.56. The molecule has 2 fully saturated rings. The third kappa shape index (κ3) is 6.75. The second kappa shape index (κ2) is 12.3. The summed E-state index contributed by atoms with van der Waals surface area (Å²) < 4.78 is 8.02. The minimum atomic E-state index is -0.00929. The average Bonchev–Trinajstić information content (AvgIpc) is 3.45. The number of ether oxygens (including phenoxy) is 1. The lowest BCUT2D eigenvalue weighted by Gasteiger charge is -2.31. The van der Waals surface area contributed by atoms with E-state index in [-0.39, 0.29) is 18.5 Å². The van der Waals surface area contributed by atoms with Gasteiger partial charge in [-0.2, -0.15) is 10.2 Å². The van der Waals surface area contributed by atoms with Crippen molar-refractivity contribution >= 4 is 39.5 Å². The fraction of sp³-hybridized carbons (Fsp3) is 0.400. The van der Waals surface area contributed by atoms with Crippen LogP contribution >= 0.6 is 11.3 Å². The van der Waals surface area contributed by atoms with Crippen molar-refractivity contribution < 1.29 is 9.53 Å². The topological polar surface area (TPSA) is 134 Å². The van der Waals surface area contributed by atoms with Crippen LogP contribution in [0.25, 0.3) is 16.3 Å². The number of anilines is 1. The first-order valence-electron chi connectivity index (χ1n) is 14.2. The maximum Gasteiger partial charge on any atom is 0.242 e. The van der Waals surface area contributed by atoms with Gasteiger partial charge in [0.15, 0.2) is 0 Å². The third-order valence-corrected chi connectivity index (χ3v) is 8.27. The average molecular weight is 584 g/mol. The van der Waals surface area contributed by atoms with Crippen molar-refractivity contribution in [1.82, 2.24) is 35.2 Å². The first-order chi connectivity index (χ1) is 20.4. The number of likely N-dealkylation sites (tertiary alicyclic amines) is 1. The predicted octanol–water partition coefficient (Wildman–Crippen LogP) is 4.58. The van der Waals surface area contributed by atoms with Gasteiger partial charge < -0.3 is 15.4 Å². The van der Waals surface area contributed by atoms with Crippen LogP contribution in [0.3, 0.4) is 0 Å². The van der Waals surface area contributed by atoms with E-state index in [1.807, 2.05) is 49.7 Å². The Bertz CT molecular complexity index is 1640. The lowest BCUT2D eigenvalue weighted by Crippen LogP contribution is -2.39. The zero-order chi connectivity index (χ0) is 29.1. The molecule has 1 saturated carbocycles.